The first-order chi connectivity index (χ1) is 9.40. The highest BCUT2D eigenvalue weighted by molar-refractivity contribution is 7.98. The number of benzene rings is 1. The van der Waals surface area contributed by atoms with E-state index < -0.39 is 0 Å². The van der Waals surface area contributed by atoms with E-state index in [4.69, 9.17) is 4.98 Å². The molecule has 0 radical (unpaired) electrons. The van der Waals surface area contributed by atoms with Gasteiger partial charge in [0, 0.05) is 27.6 Å². The van der Waals surface area contributed by atoms with Crippen LogP contribution in [0.1, 0.15) is 22.7 Å². The molecule has 0 unspecified atom stereocenters. The predicted octanol–water partition coefficient (Wildman–Crippen LogP) is 3.92. The molecular formula is C15H16N2S2. The summed E-state index contributed by atoms with van der Waals surface area (Å²) in [5, 5.41) is 4.78. The van der Waals surface area contributed by atoms with Crippen molar-refractivity contribution in [3.8, 4) is 11.3 Å². The van der Waals surface area contributed by atoms with Gasteiger partial charge in [0.15, 0.2) is 0 Å². The third-order valence-electron chi connectivity index (χ3n) is 3.65. The molecule has 19 heavy (non-hydrogen) atoms. The van der Waals surface area contributed by atoms with Crippen LogP contribution in [0.4, 0.5) is 0 Å². The Bertz CT molecular complexity index is 602. The van der Waals surface area contributed by atoms with Crippen LogP contribution < -0.4 is 5.32 Å². The van der Waals surface area contributed by atoms with Gasteiger partial charge in [-0.3, -0.25) is 0 Å². The second kappa shape index (κ2) is 4.93. The van der Waals surface area contributed by atoms with E-state index in [0.717, 1.165) is 24.8 Å². The predicted molar refractivity (Wildman–Crippen MR) is 81.5 cm³/mol. The van der Waals surface area contributed by atoms with Gasteiger partial charge in [-0.2, -0.15) is 0 Å². The maximum atomic E-state index is 4.85. The first-order valence-electron chi connectivity index (χ1n) is 6.81. The number of nitrogens with zero attached hydrogens (tertiary/aromatic N) is 1. The van der Waals surface area contributed by atoms with Crippen LogP contribution in [0, 0.1) is 5.92 Å². The van der Waals surface area contributed by atoms with Crippen molar-refractivity contribution in [3.05, 3.63) is 34.2 Å². The summed E-state index contributed by atoms with van der Waals surface area (Å²) in [6.45, 7) is 2.09. The van der Waals surface area contributed by atoms with Gasteiger partial charge in [-0.15, -0.1) is 23.1 Å². The van der Waals surface area contributed by atoms with Gasteiger partial charge in [0.25, 0.3) is 0 Å². The van der Waals surface area contributed by atoms with Crippen LogP contribution in [-0.2, 0) is 12.3 Å². The lowest BCUT2D eigenvalue weighted by molar-refractivity contribution is 0.637. The largest absolute Gasteiger partial charge is 0.310 e. The first-order valence-corrected chi connectivity index (χ1v) is 8.62. The summed E-state index contributed by atoms with van der Waals surface area (Å²) in [5.41, 5.74) is 2.54. The molecule has 4 rings (SSSR count). The lowest BCUT2D eigenvalue weighted by Gasteiger charge is -2.13. The third-order valence-corrected chi connectivity index (χ3v) is 5.99. The maximum absolute atomic E-state index is 4.85. The minimum absolute atomic E-state index is 0.932. The Morgan fingerprint density at radius 2 is 2.16 bits per heavy atom. The van der Waals surface area contributed by atoms with Crippen molar-refractivity contribution in [2.45, 2.75) is 30.0 Å². The smallest absolute Gasteiger partial charge is 0.107 e. The molecule has 0 atom stereocenters. The molecule has 0 bridgehead atoms. The van der Waals surface area contributed by atoms with Crippen molar-refractivity contribution in [2.24, 2.45) is 5.92 Å². The molecule has 1 N–H and O–H groups in total. The zero-order valence-electron chi connectivity index (χ0n) is 10.7. The quantitative estimate of drug-likeness (QED) is 0.923. The second-order valence-electron chi connectivity index (χ2n) is 5.24. The topological polar surface area (TPSA) is 24.9 Å². The molecule has 4 heteroatoms. The number of aromatic nitrogens is 1. The average molecular weight is 288 g/mol. The van der Waals surface area contributed by atoms with Gasteiger partial charge >= 0.3 is 0 Å². The zero-order valence-corrected chi connectivity index (χ0v) is 12.3. The molecule has 98 valence electrons. The van der Waals surface area contributed by atoms with Crippen molar-refractivity contribution in [3.63, 3.8) is 0 Å². The number of thioether (sulfide) groups is 1. The maximum Gasteiger partial charge on any atom is 0.107 e. The van der Waals surface area contributed by atoms with Crippen molar-refractivity contribution in [2.75, 3.05) is 6.54 Å². The van der Waals surface area contributed by atoms with E-state index in [0.29, 0.717) is 0 Å². The van der Waals surface area contributed by atoms with Gasteiger partial charge in [0.2, 0.25) is 0 Å². The second-order valence-corrected chi connectivity index (χ2v) is 7.42. The van der Waals surface area contributed by atoms with E-state index in [9.17, 15) is 0 Å². The summed E-state index contributed by atoms with van der Waals surface area (Å²) >= 11 is 3.81. The number of hydrogen-bond acceptors (Lipinski definition) is 4. The molecule has 0 amide bonds. The van der Waals surface area contributed by atoms with Crippen LogP contribution in [0.2, 0.25) is 0 Å². The monoisotopic (exact) mass is 288 g/mol. The Hall–Kier alpha value is -0.840. The number of hydrogen-bond donors (Lipinski definition) is 1. The lowest BCUT2D eigenvalue weighted by atomic mass is 10.1. The highest BCUT2D eigenvalue weighted by Gasteiger charge is 2.22. The van der Waals surface area contributed by atoms with Crippen LogP contribution in [0.15, 0.2) is 29.2 Å². The molecular weight excluding hydrogens is 272 g/mol. The van der Waals surface area contributed by atoms with Crippen molar-refractivity contribution < 1.29 is 0 Å². The van der Waals surface area contributed by atoms with E-state index in [1.54, 1.807) is 0 Å². The molecule has 1 aromatic carbocycles. The minimum Gasteiger partial charge on any atom is -0.310 e. The zero-order chi connectivity index (χ0) is 12.7. The van der Waals surface area contributed by atoms with Gasteiger partial charge in [-0.1, -0.05) is 18.2 Å². The normalized spacial score (nSPS) is 17.1. The molecule has 2 aliphatic rings. The number of nitrogens with one attached hydrogen (secondary N) is 1. The van der Waals surface area contributed by atoms with E-state index in [-0.39, 0.29) is 0 Å². The van der Waals surface area contributed by atoms with Crippen molar-refractivity contribution >= 4 is 23.1 Å². The van der Waals surface area contributed by atoms with Gasteiger partial charge < -0.3 is 5.32 Å². The first kappa shape index (κ1) is 11.9. The Labute approximate surface area is 121 Å². The fraction of sp³-hybridized carbons (Fsp3) is 0.400. The Kier molecular flexibility index (Phi) is 3.10. The van der Waals surface area contributed by atoms with Crippen LogP contribution in [0.3, 0.4) is 0 Å². The molecule has 1 aliphatic heterocycles. The van der Waals surface area contributed by atoms with Crippen LogP contribution in [0.5, 0.6) is 0 Å². The van der Waals surface area contributed by atoms with Gasteiger partial charge in [0.1, 0.15) is 5.01 Å². The molecule has 1 aromatic heterocycles. The summed E-state index contributed by atoms with van der Waals surface area (Å²) in [6.07, 6.45) is 2.82. The molecule has 1 fully saturated rings. The molecule has 1 saturated carbocycles. The Morgan fingerprint density at radius 3 is 3.05 bits per heavy atom. The molecule has 0 saturated heterocycles. The number of fused-ring (bicyclic) bond motifs is 3. The SMILES string of the molecule is c1ccc2c(c1)SCc1sc(CNCC3CC3)nc1-2. The van der Waals surface area contributed by atoms with Crippen molar-refractivity contribution in [1.82, 2.24) is 10.3 Å². The fourth-order valence-corrected chi connectivity index (χ4v) is 4.60. The summed E-state index contributed by atoms with van der Waals surface area (Å²) in [4.78, 5) is 7.66. The van der Waals surface area contributed by atoms with E-state index in [1.165, 1.54) is 38.9 Å². The van der Waals surface area contributed by atoms with E-state index in [2.05, 4.69) is 29.6 Å². The van der Waals surface area contributed by atoms with Crippen molar-refractivity contribution in [1.29, 1.82) is 0 Å². The number of thiazole rings is 1. The van der Waals surface area contributed by atoms with E-state index in [1.807, 2.05) is 23.1 Å². The molecule has 2 heterocycles. The van der Waals surface area contributed by atoms with Gasteiger partial charge in [-0.25, -0.2) is 4.98 Å². The molecule has 2 nitrogen and oxygen atoms in total. The van der Waals surface area contributed by atoms with Gasteiger partial charge in [-0.05, 0) is 31.4 Å². The summed E-state index contributed by atoms with van der Waals surface area (Å²) in [5.74, 6) is 2.01. The highest BCUT2D eigenvalue weighted by atomic mass is 32.2. The lowest BCUT2D eigenvalue weighted by Crippen LogP contribution is -2.15. The van der Waals surface area contributed by atoms with Gasteiger partial charge in [0.05, 0.1) is 5.69 Å². The third kappa shape index (κ3) is 2.45. The minimum atomic E-state index is 0.932. The molecule has 0 spiro atoms. The number of rotatable bonds is 4. The van der Waals surface area contributed by atoms with Crippen LogP contribution in [0.25, 0.3) is 11.3 Å². The van der Waals surface area contributed by atoms with Crippen LogP contribution >= 0.6 is 23.1 Å². The molecule has 1 aliphatic carbocycles. The van der Waals surface area contributed by atoms with Crippen LogP contribution in [-0.4, -0.2) is 11.5 Å². The summed E-state index contributed by atoms with van der Waals surface area (Å²) in [7, 11) is 0. The Balaban J connectivity index is 1.55. The molecule has 2 aromatic rings. The standard InChI is InChI=1S/C15H16N2S2/c1-2-4-12-11(3-1)15-13(9-18-12)19-14(17-15)8-16-7-10-5-6-10/h1-4,10,16H,5-9H2. The fourth-order valence-electron chi connectivity index (χ4n) is 2.42. The summed E-state index contributed by atoms with van der Waals surface area (Å²) < 4.78 is 0. The van der Waals surface area contributed by atoms with E-state index >= 15 is 0 Å². The highest BCUT2D eigenvalue weighted by Crippen LogP contribution is 2.43. The summed E-state index contributed by atoms with van der Waals surface area (Å²) in [6, 6.07) is 8.62. The Morgan fingerprint density at radius 1 is 1.26 bits per heavy atom. The average Bonchev–Trinajstić information content (AvgIpc) is 3.16.